The molecule has 0 amide bonds. The largest absolute Gasteiger partial charge is 0.391 e. The second-order valence-electron chi connectivity index (χ2n) is 3.23. The fourth-order valence-corrected chi connectivity index (χ4v) is 1.13. The molecule has 0 aromatic carbocycles. The molecule has 0 aromatic heterocycles. The van der Waals surface area contributed by atoms with E-state index >= 15 is 0 Å². The number of rotatable bonds is 3. The summed E-state index contributed by atoms with van der Waals surface area (Å²) >= 11 is 0. The molecule has 0 unspecified atom stereocenters. The molecule has 0 aromatic rings. The van der Waals surface area contributed by atoms with E-state index in [0.717, 1.165) is 13.0 Å². The van der Waals surface area contributed by atoms with Gasteiger partial charge >= 0.3 is 0 Å². The van der Waals surface area contributed by atoms with E-state index in [-0.39, 0.29) is 6.10 Å². The zero-order chi connectivity index (χ0) is 8.27. The van der Waals surface area contributed by atoms with E-state index in [1.54, 1.807) is 0 Å². The average molecular weight is 156 g/mol. The van der Waals surface area contributed by atoms with E-state index in [2.05, 4.69) is 24.3 Å². The third kappa shape index (κ3) is 2.19. The molecule has 3 heteroatoms. The van der Waals surface area contributed by atoms with Crippen LogP contribution in [0.15, 0.2) is 5.16 Å². The molecule has 64 valence electrons. The first kappa shape index (κ1) is 8.53. The van der Waals surface area contributed by atoms with Crippen molar-refractivity contribution in [3.05, 3.63) is 0 Å². The monoisotopic (exact) mass is 156 g/mol. The van der Waals surface area contributed by atoms with E-state index in [4.69, 9.17) is 4.84 Å². The molecule has 0 spiro atoms. The number of likely N-dealkylation sites (N-methyl/N-ethyl adjacent to an activating group) is 1. The minimum Gasteiger partial charge on any atom is -0.391 e. The molecular weight excluding hydrogens is 140 g/mol. The summed E-state index contributed by atoms with van der Waals surface area (Å²) in [5.41, 5.74) is 1.19. The van der Waals surface area contributed by atoms with Crippen LogP contribution in [0.25, 0.3) is 0 Å². The maximum Gasteiger partial charge on any atom is 0.145 e. The normalized spacial score (nSPS) is 23.6. The second kappa shape index (κ2) is 3.72. The summed E-state index contributed by atoms with van der Waals surface area (Å²) < 4.78 is 0. The summed E-state index contributed by atoms with van der Waals surface area (Å²) in [7, 11) is 1.93. The van der Waals surface area contributed by atoms with Crippen LogP contribution in [0.5, 0.6) is 0 Å². The lowest BCUT2D eigenvalue weighted by molar-refractivity contribution is 0.0866. The highest BCUT2D eigenvalue weighted by molar-refractivity contribution is 5.87. The summed E-state index contributed by atoms with van der Waals surface area (Å²) in [4.78, 5) is 5.19. The van der Waals surface area contributed by atoms with Gasteiger partial charge in [-0.2, -0.15) is 0 Å². The van der Waals surface area contributed by atoms with Gasteiger partial charge < -0.3 is 10.2 Å². The van der Waals surface area contributed by atoms with E-state index in [1.807, 2.05) is 7.05 Å². The summed E-state index contributed by atoms with van der Waals surface area (Å²) in [6.07, 6.45) is 1.25. The molecule has 1 heterocycles. The van der Waals surface area contributed by atoms with Gasteiger partial charge in [-0.3, -0.25) is 0 Å². The highest BCUT2D eigenvalue weighted by Gasteiger charge is 2.21. The van der Waals surface area contributed by atoms with Crippen molar-refractivity contribution in [2.45, 2.75) is 26.4 Å². The van der Waals surface area contributed by atoms with Crippen LogP contribution in [-0.4, -0.2) is 25.4 Å². The van der Waals surface area contributed by atoms with Crippen molar-refractivity contribution in [1.29, 1.82) is 0 Å². The molecule has 1 aliphatic rings. The van der Waals surface area contributed by atoms with Crippen LogP contribution in [0.2, 0.25) is 0 Å². The molecule has 0 aliphatic carbocycles. The topological polar surface area (TPSA) is 33.6 Å². The Kier molecular flexibility index (Phi) is 2.88. The lowest BCUT2D eigenvalue weighted by atomic mass is 10.0. The Labute approximate surface area is 67.8 Å². The van der Waals surface area contributed by atoms with Gasteiger partial charge in [-0.15, -0.1) is 0 Å². The van der Waals surface area contributed by atoms with Crippen LogP contribution in [0.1, 0.15) is 20.3 Å². The predicted molar refractivity (Wildman–Crippen MR) is 45.7 cm³/mol. The molecule has 0 fully saturated rings. The van der Waals surface area contributed by atoms with Crippen molar-refractivity contribution in [2.75, 3.05) is 13.6 Å². The maximum atomic E-state index is 5.19. The molecule has 1 atom stereocenters. The van der Waals surface area contributed by atoms with Crippen LogP contribution < -0.4 is 5.32 Å². The lowest BCUT2D eigenvalue weighted by Gasteiger charge is -2.06. The van der Waals surface area contributed by atoms with Gasteiger partial charge in [0.05, 0.1) is 5.71 Å². The SMILES string of the molecule is CNC[C@@H]1CC(C(C)C)=NO1. The molecule has 0 saturated heterocycles. The highest BCUT2D eigenvalue weighted by Crippen LogP contribution is 2.14. The van der Waals surface area contributed by atoms with Crippen molar-refractivity contribution >= 4 is 5.71 Å². The summed E-state index contributed by atoms with van der Waals surface area (Å²) in [5.74, 6) is 0.525. The van der Waals surface area contributed by atoms with E-state index in [9.17, 15) is 0 Å². The van der Waals surface area contributed by atoms with E-state index in [1.165, 1.54) is 5.71 Å². The molecule has 0 bridgehead atoms. The number of hydrogen-bond donors (Lipinski definition) is 1. The van der Waals surface area contributed by atoms with E-state index < -0.39 is 0 Å². The van der Waals surface area contributed by atoms with Crippen LogP contribution in [0.3, 0.4) is 0 Å². The van der Waals surface area contributed by atoms with Gasteiger partial charge in [-0.05, 0) is 13.0 Å². The van der Waals surface area contributed by atoms with Gasteiger partial charge in [0.25, 0.3) is 0 Å². The molecule has 0 saturated carbocycles. The third-order valence-electron chi connectivity index (χ3n) is 1.85. The van der Waals surface area contributed by atoms with Gasteiger partial charge in [-0.1, -0.05) is 19.0 Å². The van der Waals surface area contributed by atoms with Crippen LogP contribution in [0, 0.1) is 5.92 Å². The smallest absolute Gasteiger partial charge is 0.145 e. The van der Waals surface area contributed by atoms with Gasteiger partial charge in [0.2, 0.25) is 0 Å². The van der Waals surface area contributed by atoms with Gasteiger partial charge in [0.15, 0.2) is 0 Å². The minimum absolute atomic E-state index is 0.261. The molecular formula is C8H16N2O. The van der Waals surface area contributed by atoms with E-state index in [0.29, 0.717) is 5.92 Å². The zero-order valence-corrected chi connectivity index (χ0v) is 7.42. The number of oxime groups is 1. The molecule has 1 rings (SSSR count). The van der Waals surface area contributed by atoms with Gasteiger partial charge in [-0.25, -0.2) is 0 Å². The average Bonchev–Trinajstić information content (AvgIpc) is 2.37. The summed E-state index contributed by atoms with van der Waals surface area (Å²) in [6.45, 7) is 5.17. The fraction of sp³-hybridized carbons (Fsp3) is 0.875. The van der Waals surface area contributed by atoms with Crippen molar-refractivity contribution < 1.29 is 4.84 Å². The Morgan fingerprint density at radius 1 is 1.73 bits per heavy atom. The first-order valence-electron chi connectivity index (χ1n) is 4.11. The first-order chi connectivity index (χ1) is 5.24. The molecule has 3 nitrogen and oxygen atoms in total. The molecule has 0 radical (unpaired) electrons. The Balaban J connectivity index is 2.31. The van der Waals surface area contributed by atoms with Gasteiger partial charge in [0, 0.05) is 13.0 Å². The Bertz CT molecular complexity index is 154. The quantitative estimate of drug-likeness (QED) is 0.661. The number of nitrogens with zero attached hydrogens (tertiary/aromatic N) is 1. The first-order valence-corrected chi connectivity index (χ1v) is 4.11. The number of hydrogen-bond acceptors (Lipinski definition) is 3. The van der Waals surface area contributed by atoms with Crippen molar-refractivity contribution in [3.63, 3.8) is 0 Å². The van der Waals surface area contributed by atoms with Crippen LogP contribution in [-0.2, 0) is 4.84 Å². The van der Waals surface area contributed by atoms with Crippen LogP contribution in [0.4, 0.5) is 0 Å². The Morgan fingerprint density at radius 3 is 2.91 bits per heavy atom. The highest BCUT2D eigenvalue weighted by atomic mass is 16.6. The molecule has 1 aliphatic heterocycles. The van der Waals surface area contributed by atoms with Gasteiger partial charge in [0.1, 0.15) is 6.10 Å². The summed E-state index contributed by atoms with van der Waals surface area (Å²) in [6, 6.07) is 0. The molecule has 1 N–H and O–H groups in total. The Hall–Kier alpha value is -0.570. The third-order valence-corrected chi connectivity index (χ3v) is 1.85. The van der Waals surface area contributed by atoms with Crippen molar-refractivity contribution in [1.82, 2.24) is 5.32 Å². The standard InChI is InChI=1S/C8H16N2O/c1-6(2)8-4-7(5-9-3)11-10-8/h6-7,9H,4-5H2,1-3H3/t7-/m0/s1. The minimum atomic E-state index is 0.261. The fourth-order valence-electron chi connectivity index (χ4n) is 1.13. The van der Waals surface area contributed by atoms with Crippen molar-refractivity contribution in [2.24, 2.45) is 11.1 Å². The predicted octanol–water partition coefficient (Wildman–Crippen LogP) is 1.01. The lowest BCUT2D eigenvalue weighted by Crippen LogP contribution is -2.24. The number of nitrogens with one attached hydrogen (secondary N) is 1. The van der Waals surface area contributed by atoms with Crippen LogP contribution >= 0.6 is 0 Å². The van der Waals surface area contributed by atoms with Crippen molar-refractivity contribution in [3.8, 4) is 0 Å². The summed E-state index contributed by atoms with van der Waals surface area (Å²) in [5, 5.41) is 7.08. The second-order valence-corrected chi connectivity index (χ2v) is 3.23. The zero-order valence-electron chi connectivity index (χ0n) is 7.42. The molecule has 11 heavy (non-hydrogen) atoms. The maximum absolute atomic E-state index is 5.19. The Morgan fingerprint density at radius 2 is 2.45 bits per heavy atom.